The van der Waals surface area contributed by atoms with Gasteiger partial charge in [0.15, 0.2) is 0 Å². The average molecular weight is 496 g/mol. The topological polar surface area (TPSA) is 67.9 Å². The van der Waals surface area contributed by atoms with Crippen LogP contribution in [0.15, 0.2) is 47.4 Å². The molecule has 0 aromatic heterocycles. The van der Waals surface area contributed by atoms with Crippen LogP contribution in [0.5, 0.6) is 0 Å². The second-order valence-electron chi connectivity index (χ2n) is 9.35. The van der Waals surface area contributed by atoms with E-state index in [1.54, 1.807) is 11.8 Å². The van der Waals surface area contributed by atoms with Gasteiger partial charge in [-0.25, -0.2) is 4.79 Å². The zero-order chi connectivity index (χ0) is 24.6. The van der Waals surface area contributed by atoms with Crippen LogP contribution < -0.4 is 15.5 Å². The minimum Gasteiger partial charge on any atom is -0.338 e. The van der Waals surface area contributed by atoms with Crippen LogP contribution in [-0.2, 0) is 11.3 Å². The predicted octanol–water partition coefficient (Wildman–Crippen LogP) is 4.17. The summed E-state index contributed by atoms with van der Waals surface area (Å²) in [5.41, 5.74) is 3.83. The van der Waals surface area contributed by atoms with Gasteiger partial charge < -0.3 is 25.3 Å². The molecule has 1 fully saturated rings. The van der Waals surface area contributed by atoms with Gasteiger partial charge in [-0.3, -0.25) is 4.79 Å². The number of carbonyl (C=O) groups is 2. The van der Waals surface area contributed by atoms with Crippen molar-refractivity contribution >= 4 is 35.1 Å². The zero-order valence-corrected chi connectivity index (χ0v) is 21.7. The molecule has 0 spiro atoms. The number of amides is 3. The van der Waals surface area contributed by atoms with Crippen molar-refractivity contribution in [1.29, 1.82) is 0 Å². The first-order chi connectivity index (χ1) is 17.0. The van der Waals surface area contributed by atoms with Crippen LogP contribution in [0.2, 0.25) is 0 Å². The number of aryl methyl sites for hydroxylation is 1. The number of hydrogen-bond acceptors (Lipinski definition) is 5. The van der Waals surface area contributed by atoms with Gasteiger partial charge in [-0.1, -0.05) is 36.8 Å². The lowest BCUT2D eigenvalue weighted by Gasteiger charge is -2.34. The third-order valence-electron chi connectivity index (χ3n) is 6.56. The number of thioether (sulfide) groups is 1. The Morgan fingerprint density at radius 2 is 1.71 bits per heavy atom. The fourth-order valence-corrected chi connectivity index (χ4v) is 5.48. The number of anilines is 2. The number of benzene rings is 2. The minimum atomic E-state index is -0.211. The van der Waals surface area contributed by atoms with Crippen LogP contribution in [0.25, 0.3) is 0 Å². The molecular formula is C27H37N5O2S. The molecule has 2 aliphatic heterocycles. The summed E-state index contributed by atoms with van der Waals surface area (Å²) in [6.07, 6.45) is 2.14. The van der Waals surface area contributed by atoms with Crippen molar-refractivity contribution in [1.82, 2.24) is 15.1 Å². The third kappa shape index (κ3) is 7.22. The van der Waals surface area contributed by atoms with Gasteiger partial charge in [0.2, 0.25) is 5.91 Å². The maximum absolute atomic E-state index is 12.7. The van der Waals surface area contributed by atoms with E-state index in [0.29, 0.717) is 24.5 Å². The van der Waals surface area contributed by atoms with E-state index in [1.165, 1.54) is 18.5 Å². The number of piperazine rings is 1. The average Bonchev–Trinajstić information content (AvgIpc) is 2.86. The molecule has 0 saturated carbocycles. The number of nitrogens with one attached hydrogen (secondary N) is 2. The lowest BCUT2D eigenvalue weighted by atomic mass is 10.1. The summed E-state index contributed by atoms with van der Waals surface area (Å²) in [6, 6.07) is 13.8. The maximum atomic E-state index is 12.7. The van der Waals surface area contributed by atoms with Crippen molar-refractivity contribution in [2.75, 3.05) is 61.8 Å². The highest BCUT2D eigenvalue weighted by atomic mass is 32.2. The highest BCUT2D eigenvalue weighted by Gasteiger charge is 2.25. The molecule has 35 heavy (non-hydrogen) atoms. The van der Waals surface area contributed by atoms with Crippen LogP contribution in [0.1, 0.15) is 30.9 Å². The van der Waals surface area contributed by atoms with E-state index >= 15 is 0 Å². The first-order valence-corrected chi connectivity index (χ1v) is 13.6. The van der Waals surface area contributed by atoms with Crippen LogP contribution in [-0.4, -0.2) is 73.3 Å². The summed E-state index contributed by atoms with van der Waals surface area (Å²) in [4.78, 5) is 33.1. The van der Waals surface area contributed by atoms with Gasteiger partial charge in [-0.05, 0) is 56.6 Å². The number of carbonyl (C=O) groups excluding carboxylic acids is 2. The molecule has 2 heterocycles. The van der Waals surface area contributed by atoms with Gasteiger partial charge in [0, 0.05) is 43.3 Å². The molecule has 0 atom stereocenters. The van der Waals surface area contributed by atoms with Crippen LogP contribution >= 0.6 is 11.8 Å². The van der Waals surface area contributed by atoms with E-state index in [4.69, 9.17) is 0 Å². The molecule has 1 saturated heterocycles. The molecule has 188 valence electrons. The number of nitrogens with zero attached hydrogens (tertiary/aromatic N) is 3. The second-order valence-corrected chi connectivity index (χ2v) is 10.4. The van der Waals surface area contributed by atoms with Gasteiger partial charge in [0.25, 0.3) is 0 Å². The number of fused-ring (bicyclic) bond motifs is 1. The van der Waals surface area contributed by atoms with Crippen molar-refractivity contribution < 1.29 is 9.59 Å². The Labute approximate surface area is 213 Å². The number of urea groups is 1. The van der Waals surface area contributed by atoms with E-state index in [9.17, 15) is 9.59 Å². The minimum absolute atomic E-state index is 0.0835. The fraction of sp³-hybridized carbons (Fsp3) is 0.481. The SMILES string of the molecule is CCCN1CCN(CCCNC(=O)Nc2ccc3c(c2)N(Cc2ccc(C)cc2)C(=O)CS3)CC1. The van der Waals surface area contributed by atoms with E-state index in [1.807, 2.05) is 23.1 Å². The Bertz CT molecular complexity index is 1010. The summed E-state index contributed by atoms with van der Waals surface area (Å²) >= 11 is 1.55. The van der Waals surface area contributed by atoms with E-state index in [2.05, 4.69) is 58.5 Å². The molecule has 3 amide bonds. The second kappa shape index (κ2) is 12.4. The lowest BCUT2D eigenvalue weighted by Crippen LogP contribution is -2.47. The summed E-state index contributed by atoms with van der Waals surface area (Å²) in [5, 5.41) is 5.91. The predicted molar refractivity (Wildman–Crippen MR) is 144 cm³/mol. The summed E-state index contributed by atoms with van der Waals surface area (Å²) in [7, 11) is 0. The summed E-state index contributed by atoms with van der Waals surface area (Å²) < 4.78 is 0. The normalized spacial score (nSPS) is 16.7. The van der Waals surface area contributed by atoms with Gasteiger partial charge >= 0.3 is 6.03 Å². The number of hydrogen-bond donors (Lipinski definition) is 2. The molecule has 4 rings (SSSR count). The molecule has 0 aliphatic carbocycles. The van der Waals surface area contributed by atoms with Crippen molar-refractivity contribution in [2.45, 2.75) is 38.1 Å². The molecule has 0 radical (unpaired) electrons. The first kappa shape index (κ1) is 25.5. The monoisotopic (exact) mass is 495 g/mol. The molecule has 2 aliphatic rings. The van der Waals surface area contributed by atoms with Gasteiger partial charge in [0.1, 0.15) is 0 Å². The van der Waals surface area contributed by atoms with Crippen molar-refractivity contribution in [2.24, 2.45) is 0 Å². The molecule has 2 aromatic carbocycles. The highest BCUT2D eigenvalue weighted by molar-refractivity contribution is 8.00. The third-order valence-corrected chi connectivity index (χ3v) is 7.61. The van der Waals surface area contributed by atoms with Gasteiger partial charge in [-0.15, -0.1) is 11.8 Å². The van der Waals surface area contributed by atoms with Gasteiger partial charge in [0.05, 0.1) is 18.0 Å². The largest absolute Gasteiger partial charge is 0.338 e. The molecule has 0 unspecified atom stereocenters. The summed E-state index contributed by atoms with van der Waals surface area (Å²) in [6.45, 7) is 12.1. The first-order valence-electron chi connectivity index (χ1n) is 12.6. The van der Waals surface area contributed by atoms with Crippen molar-refractivity contribution in [3.63, 3.8) is 0 Å². The molecule has 2 N–H and O–H groups in total. The Hall–Kier alpha value is -2.55. The molecule has 0 bridgehead atoms. The molecular weight excluding hydrogens is 458 g/mol. The Balaban J connectivity index is 1.27. The Morgan fingerprint density at radius 1 is 1.00 bits per heavy atom. The molecule has 7 nitrogen and oxygen atoms in total. The van der Waals surface area contributed by atoms with Crippen molar-refractivity contribution in [3.05, 3.63) is 53.6 Å². The standard InChI is InChI=1S/C27H37N5O2S/c1-3-12-30-14-16-31(17-15-30)13-4-11-28-27(34)29-23-9-10-25-24(18-23)32(26(33)20-35-25)19-22-7-5-21(2)6-8-22/h5-10,18H,3-4,11-17,19-20H2,1-2H3,(H2,28,29,34). The van der Waals surface area contributed by atoms with E-state index < -0.39 is 0 Å². The number of rotatable bonds is 9. The molecule has 8 heteroatoms. The van der Waals surface area contributed by atoms with Crippen molar-refractivity contribution in [3.8, 4) is 0 Å². The Kier molecular flexibility index (Phi) is 9.06. The van der Waals surface area contributed by atoms with Crippen LogP contribution in [0.3, 0.4) is 0 Å². The lowest BCUT2D eigenvalue weighted by molar-refractivity contribution is -0.116. The van der Waals surface area contributed by atoms with E-state index in [0.717, 1.165) is 55.3 Å². The van der Waals surface area contributed by atoms with Crippen LogP contribution in [0, 0.1) is 6.92 Å². The zero-order valence-electron chi connectivity index (χ0n) is 20.9. The van der Waals surface area contributed by atoms with Crippen LogP contribution in [0.4, 0.5) is 16.2 Å². The Morgan fingerprint density at radius 3 is 2.43 bits per heavy atom. The maximum Gasteiger partial charge on any atom is 0.319 e. The van der Waals surface area contributed by atoms with Gasteiger partial charge in [-0.2, -0.15) is 0 Å². The van der Waals surface area contributed by atoms with E-state index in [-0.39, 0.29) is 11.9 Å². The fourth-order valence-electron chi connectivity index (χ4n) is 4.56. The molecule has 2 aromatic rings. The summed E-state index contributed by atoms with van der Waals surface area (Å²) in [5.74, 6) is 0.514. The highest BCUT2D eigenvalue weighted by Crippen LogP contribution is 2.38. The quantitative estimate of drug-likeness (QED) is 0.511. The smallest absolute Gasteiger partial charge is 0.319 e.